The number of amides is 2. The molecule has 150 valence electrons. The summed E-state index contributed by atoms with van der Waals surface area (Å²) < 4.78 is 6.88. The van der Waals surface area contributed by atoms with E-state index in [9.17, 15) is 4.79 Å². The molecule has 0 saturated heterocycles. The van der Waals surface area contributed by atoms with E-state index in [1.54, 1.807) is 23.0 Å². The van der Waals surface area contributed by atoms with Crippen molar-refractivity contribution in [2.24, 2.45) is 0 Å². The molecule has 0 bridgehead atoms. The van der Waals surface area contributed by atoms with Crippen LogP contribution in [-0.4, -0.2) is 48.8 Å². The molecule has 0 saturated carbocycles. The molecule has 1 aliphatic heterocycles. The zero-order valence-electron chi connectivity index (χ0n) is 16.4. The molecular formula is C20H23N7O2. The van der Waals surface area contributed by atoms with Crippen LogP contribution in [0.25, 0.3) is 0 Å². The second kappa shape index (κ2) is 8.26. The van der Waals surface area contributed by atoms with Gasteiger partial charge in [0.25, 0.3) is 0 Å². The Kier molecular flexibility index (Phi) is 5.37. The molecule has 2 amide bonds. The summed E-state index contributed by atoms with van der Waals surface area (Å²) in [7, 11) is 1.65. The van der Waals surface area contributed by atoms with E-state index in [2.05, 4.69) is 25.4 Å². The minimum absolute atomic E-state index is 0.0652. The second-order valence-corrected chi connectivity index (χ2v) is 7.11. The van der Waals surface area contributed by atoms with Crippen LogP contribution in [0.15, 0.2) is 43.1 Å². The molecule has 4 rings (SSSR count). The molecule has 1 N–H and O–H groups in total. The highest BCUT2D eigenvalue weighted by Gasteiger charge is 2.26. The van der Waals surface area contributed by atoms with Gasteiger partial charge in [0.1, 0.15) is 24.2 Å². The lowest BCUT2D eigenvalue weighted by Gasteiger charge is -2.20. The normalized spacial score (nSPS) is 13.8. The Morgan fingerprint density at radius 3 is 2.83 bits per heavy atom. The van der Waals surface area contributed by atoms with Gasteiger partial charge in [0.05, 0.1) is 32.4 Å². The Morgan fingerprint density at radius 1 is 1.28 bits per heavy atom. The van der Waals surface area contributed by atoms with Gasteiger partial charge in [0.15, 0.2) is 0 Å². The van der Waals surface area contributed by atoms with Crippen LogP contribution in [0.5, 0.6) is 5.75 Å². The molecule has 3 heterocycles. The summed E-state index contributed by atoms with van der Waals surface area (Å²) in [6.07, 6.45) is 5.58. The Labute approximate surface area is 168 Å². The van der Waals surface area contributed by atoms with Crippen LogP contribution in [0, 0.1) is 0 Å². The Balaban J connectivity index is 1.35. The fourth-order valence-electron chi connectivity index (χ4n) is 3.30. The van der Waals surface area contributed by atoms with Crippen molar-refractivity contribution in [2.45, 2.75) is 39.0 Å². The van der Waals surface area contributed by atoms with Crippen molar-refractivity contribution in [3.63, 3.8) is 0 Å². The maximum absolute atomic E-state index is 12.6. The molecular weight excluding hydrogens is 370 g/mol. The Bertz CT molecular complexity index is 973. The Hall–Kier alpha value is -3.49. The zero-order valence-corrected chi connectivity index (χ0v) is 16.4. The third-order valence-electron chi connectivity index (χ3n) is 4.81. The molecule has 0 spiro atoms. The van der Waals surface area contributed by atoms with Gasteiger partial charge in [-0.05, 0) is 24.6 Å². The first-order valence-corrected chi connectivity index (χ1v) is 9.45. The van der Waals surface area contributed by atoms with Gasteiger partial charge in [-0.2, -0.15) is 5.10 Å². The van der Waals surface area contributed by atoms with Gasteiger partial charge in [-0.1, -0.05) is 12.1 Å². The molecule has 2 aromatic heterocycles. The monoisotopic (exact) mass is 393 g/mol. The van der Waals surface area contributed by atoms with E-state index in [4.69, 9.17) is 4.74 Å². The molecule has 9 nitrogen and oxygen atoms in total. The smallest absolute Gasteiger partial charge is 0.318 e. The number of carbonyl (C=O) groups is 1. The minimum atomic E-state index is -0.118. The van der Waals surface area contributed by atoms with Gasteiger partial charge in [-0.25, -0.2) is 19.7 Å². The van der Waals surface area contributed by atoms with Crippen LogP contribution in [0.3, 0.4) is 0 Å². The number of carbonyl (C=O) groups excluding carboxylic acids is 1. The first-order chi connectivity index (χ1) is 14.1. The van der Waals surface area contributed by atoms with Crippen molar-refractivity contribution in [1.82, 2.24) is 34.9 Å². The number of urea groups is 1. The SMILES string of the molecule is COc1ccc(Cc2ncc3c(n2)CN(C(=O)N[C@H](C)Cn2cncn2)C3)cc1. The lowest BCUT2D eigenvalue weighted by molar-refractivity contribution is 0.193. The number of hydrogen-bond donors (Lipinski definition) is 1. The quantitative estimate of drug-likeness (QED) is 0.686. The Morgan fingerprint density at radius 2 is 2.10 bits per heavy atom. The van der Waals surface area contributed by atoms with Crippen molar-refractivity contribution >= 4 is 6.03 Å². The highest BCUT2D eigenvalue weighted by Crippen LogP contribution is 2.21. The lowest BCUT2D eigenvalue weighted by atomic mass is 10.1. The predicted molar refractivity (Wildman–Crippen MR) is 105 cm³/mol. The summed E-state index contributed by atoms with van der Waals surface area (Å²) >= 11 is 0. The van der Waals surface area contributed by atoms with Crippen molar-refractivity contribution < 1.29 is 9.53 Å². The first-order valence-electron chi connectivity index (χ1n) is 9.45. The van der Waals surface area contributed by atoms with Crippen LogP contribution in [0.1, 0.15) is 29.6 Å². The van der Waals surface area contributed by atoms with Gasteiger partial charge in [0.2, 0.25) is 0 Å². The van der Waals surface area contributed by atoms with Crippen LogP contribution in [-0.2, 0) is 26.1 Å². The van der Waals surface area contributed by atoms with E-state index in [-0.39, 0.29) is 12.1 Å². The second-order valence-electron chi connectivity index (χ2n) is 7.11. The fourth-order valence-corrected chi connectivity index (χ4v) is 3.30. The third-order valence-corrected chi connectivity index (χ3v) is 4.81. The van der Waals surface area contributed by atoms with Crippen LogP contribution >= 0.6 is 0 Å². The molecule has 1 aliphatic rings. The zero-order chi connectivity index (χ0) is 20.2. The number of aromatic nitrogens is 5. The number of methoxy groups -OCH3 is 1. The number of nitrogens with one attached hydrogen (secondary N) is 1. The van der Waals surface area contributed by atoms with Crippen molar-refractivity contribution in [2.75, 3.05) is 7.11 Å². The molecule has 29 heavy (non-hydrogen) atoms. The fraction of sp³-hybridized carbons (Fsp3) is 0.350. The number of rotatable bonds is 6. The predicted octanol–water partition coefficient (Wildman–Crippen LogP) is 1.78. The number of nitrogens with zero attached hydrogens (tertiary/aromatic N) is 6. The van der Waals surface area contributed by atoms with E-state index in [0.29, 0.717) is 26.1 Å². The maximum atomic E-state index is 12.6. The molecule has 1 aromatic carbocycles. The van der Waals surface area contributed by atoms with Crippen LogP contribution in [0.4, 0.5) is 4.79 Å². The van der Waals surface area contributed by atoms with Crippen LogP contribution in [0.2, 0.25) is 0 Å². The molecule has 1 atom stereocenters. The standard InChI is InChI=1S/C20H23N7O2/c1-14(9-27-13-21-12-23-27)24-20(28)26-10-16-8-22-19(25-18(16)11-26)7-15-3-5-17(29-2)6-4-15/h3-6,8,12-14H,7,9-11H2,1-2H3,(H,24,28)/t14-/m1/s1. The van der Waals surface area contributed by atoms with E-state index in [0.717, 1.165) is 28.4 Å². The first kappa shape index (κ1) is 18.9. The largest absolute Gasteiger partial charge is 0.497 e. The summed E-state index contributed by atoms with van der Waals surface area (Å²) in [6.45, 7) is 3.50. The summed E-state index contributed by atoms with van der Waals surface area (Å²) in [5.41, 5.74) is 3.01. The maximum Gasteiger partial charge on any atom is 0.318 e. The summed E-state index contributed by atoms with van der Waals surface area (Å²) in [6, 6.07) is 7.68. The molecule has 0 aliphatic carbocycles. The highest BCUT2D eigenvalue weighted by molar-refractivity contribution is 5.75. The van der Waals surface area contributed by atoms with Gasteiger partial charge < -0.3 is 15.0 Å². The molecule has 0 fully saturated rings. The summed E-state index contributed by atoms with van der Waals surface area (Å²) in [4.78, 5) is 27.4. The van der Waals surface area contributed by atoms with Crippen molar-refractivity contribution in [3.05, 3.63) is 65.8 Å². The molecule has 0 unspecified atom stereocenters. The van der Waals surface area contributed by atoms with Crippen molar-refractivity contribution in [1.29, 1.82) is 0 Å². The van der Waals surface area contributed by atoms with Crippen molar-refractivity contribution in [3.8, 4) is 5.75 Å². The molecule has 0 radical (unpaired) electrons. The van der Waals surface area contributed by atoms with E-state index >= 15 is 0 Å². The average Bonchev–Trinajstić information content (AvgIpc) is 3.37. The lowest BCUT2D eigenvalue weighted by Crippen LogP contribution is -2.43. The number of ether oxygens (including phenoxy) is 1. The van der Waals surface area contributed by atoms with E-state index in [1.165, 1.54) is 6.33 Å². The average molecular weight is 393 g/mol. The molecule has 3 aromatic rings. The van der Waals surface area contributed by atoms with E-state index in [1.807, 2.05) is 37.4 Å². The third kappa shape index (κ3) is 4.50. The van der Waals surface area contributed by atoms with E-state index < -0.39 is 0 Å². The van der Waals surface area contributed by atoms with Crippen LogP contribution < -0.4 is 10.1 Å². The molecule has 9 heteroatoms. The number of hydrogen-bond acceptors (Lipinski definition) is 6. The number of benzene rings is 1. The topological polar surface area (TPSA) is 98.1 Å². The van der Waals surface area contributed by atoms with Gasteiger partial charge in [-0.3, -0.25) is 4.68 Å². The number of fused-ring (bicyclic) bond motifs is 1. The summed E-state index contributed by atoms with van der Waals surface area (Å²) in [5, 5.41) is 7.06. The highest BCUT2D eigenvalue weighted by atomic mass is 16.5. The van der Waals surface area contributed by atoms with Gasteiger partial charge in [0, 0.05) is 24.2 Å². The minimum Gasteiger partial charge on any atom is -0.497 e. The van der Waals surface area contributed by atoms with Gasteiger partial charge in [-0.15, -0.1) is 0 Å². The summed E-state index contributed by atoms with van der Waals surface area (Å²) in [5.74, 6) is 1.57. The van der Waals surface area contributed by atoms with Gasteiger partial charge >= 0.3 is 6.03 Å².